The van der Waals surface area contributed by atoms with Gasteiger partial charge in [0.25, 0.3) is 0 Å². The number of esters is 2. The van der Waals surface area contributed by atoms with Crippen LogP contribution in [-0.2, 0) is 33.3 Å². The number of hydrogen-bond acceptors (Lipinski definition) is 8. The minimum Gasteiger partial charge on any atom is -0.545 e. The molecule has 0 aliphatic heterocycles. The Balaban J connectivity index is 4.25. The molecular formula is C60H111NO8. The van der Waals surface area contributed by atoms with E-state index in [4.69, 9.17) is 18.9 Å². The molecule has 0 aromatic rings. The third-order valence-corrected chi connectivity index (χ3v) is 12.9. The molecule has 2 atom stereocenters. The first-order chi connectivity index (χ1) is 33.6. The average molecular weight is 975 g/mol. The number of likely N-dealkylation sites (N-methyl/N-ethyl adjacent to an activating group) is 1. The highest BCUT2D eigenvalue weighted by molar-refractivity contribution is 5.70. The minimum atomic E-state index is -1.62. The molecule has 0 saturated heterocycles. The number of unbranched alkanes of at least 4 members (excludes halogenated alkanes) is 33. The lowest BCUT2D eigenvalue weighted by atomic mass is 10.0. The summed E-state index contributed by atoms with van der Waals surface area (Å²) in [6.07, 6.45) is 59.0. The molecule has 0 aliphatic carbocycles. The molecule has 69 heavy (non-hydrogen) atoms. The number of hydrogen-bond donors (Lipinski definition) is 0. The zero-order valence-electron chi connectivity index (χ0n) is 45.9. The zero-order chi connectivity index (χ0) is 50.6. The van der Waals surface area contributed by atoms with Crippen molar-refractivity contribution in [2.75, 3.05) is 47.5 Å². The predicted octanol–water partition coefficient (Wildman–Crippen LogP) is 15.6. The van der Waals surface area contributed by atoms with E-state index in [0.29, 0.717) is 23.9 Å². The number of carbonyl (C=O) groups excluding carboxylic acids is 3. The third kappa shape index (κ3) is 53.1. The van der Waals surface area contributed by atoms with E-state index in [1.165, 1.54) is 167 Å². The molecular weight excluding hydrogens is 863 g/mol. The lowest BCUT2D eigenvalue weighted by molar-refractivity contribution is -0.870. The molecule has 0 rings (SSSR count). The predicted molar refractivity (Wildman–Crippen MR) is 288 cm³/mol. The van der Waals surface area contributed by atoms with Gasteiger partial charge < -0.3 is 33.3 Å². The van der Waals surface area contributed by atoms with E-state index in [9.17, 15) is 19.5 Å². The van der Waals surface area contributed by atoms with Crippen molar-refractivity contribution in [3.63, 3.8) is 0 Å². The van der Waals surface area contributed by atoms with Gasteiger partial charge in [0.2, 0.25) is 0 Å². The maximum absolute atomic E-state index is 12.8. The Labute approximate surface area is 426 Å². The first-order valence-electron chi connectivity index (χ1n) is 29.1. The summed E-state index contributed by atoms with van der Waals surface area (Å²) in [7, 11) is 5.92. The molecule has 0 aliphatic rings. The van der Waals surface area contributed by atoms with Crippen LogP contribution in [0.2, 0.25) is 0 Å². The maximum atomic E-state index is 12.8. The van der Waals surface area contributed by atoms with Crippen LogP contribution < -0.4 is 5.11 Å². The van der Waals surface area contributed by atoms with Crippen molar-refractivity contribution in [1.29, 1.82) is 0 Å². The van der Waals surface area contributed by atoms with Crippen molar-refractivity contribution >= 4 is 17.9 Å². The van der Waals surface area contributed by atoms with Crippen molar-refractivity contribution in [3.05, 3.63) is 36.5 Å². The molecule has 9 nitrogen and oxygen atoms in total. The second-order valence-electron chi connectivity index (χ2n) is 20.9. The summed E-state index contributed by atoms with van der Waals surface area (Å²) in [5, 5.41) is 11.8. The Morgan fingerprint density at radius 1 is 0.435 bits per heavy atom. The van der Waals surface area contributed by atoms with Gasteiger partial charge in [0.1, 0.15) is 13.2 Å². The van der Waals surface area contributed by atoms with Crippen LogP contribution in [0.1, 0.15) is 271 Å². The minimum absolute atomic E-state index is 0.146. The largest absolute Gasteiger partial charge is 0.545 e. The molecule has 0 aromatic carbocycles. The molecule has 0 bridgehead atoms. The van der Waals surface area contributed by atoms with Crippen LogP contribution >= 0.6 is 0 Å². The molecule has 0 N–H and O–H groups in total. The number of quaternary nitrogens is 1. The number of aliphatic carboxylic acids is 1. The fraction of sp³-hybridized carbons (Fsp3) is 0.850. The Hall–Kier alpha value is -2.49. The van der Waals surface area contributed by atoms with Gasteiger partial charge in [0.15, 0.2) is 12.4 Å². The molecule has 0 saturated carbocycles. The number of carbonyl (C=O) groups is 3. The van der Waals surface area contributed by atoms with Gasteiger partial charge in [0.05, 0.1) is 40.3 Å². The smallest absolute Gasteiger partial charge is 0.306 e. The third-order valence-electron chi connectivity index (χ3n) is 12.9. The van der Waals surface area contributed by atoms with Crippen LogP contribution in [0.15, 0.2) is 36.5 Å². The Morgan fingerprint density at radius 2 is 0.783 bits per heavy atom. The van der Waals surface area contributed by atoms with Crippen LogP contribution in [-0.4, -0.2) is 82.3 Å². The van der Waals surface area contributed by atoms with E-state index in [0.717, 1.165) is 70.6 Å². The fourth-order valence-corrected chi connectivity index (χ4v) is 8.37. The van der Waals surface area contributed by atoms with Gasteiger partial charge in [-0.3, -0.25) is 9.59 Å². The summed E-state index contributed by atoms with van der Waals surface area (Å²) in [5.41, 5.74) is 0. The first-order valence-corrected chi connectivity index (χ1v) is 29.1. The summed E-state index contributed by atoms with van der Waals surface area (Å²) < 4.78 is 22.7. The SMILES string of the molecule is CCCCCCC/C=C\C/C=C\C/C=C\CCCCCCCCC(=O)OC(COC(=O)CCCCCCCCCCCCCCCCCCCCCCCCC)COC(OCC[N+](C)(C)C)C(=O)[O-]. The van der Waals surface area contributed by atoms with Crippen LogP contribution in [0.4, 0.5) is 0 Å². The van der Waals surface area contributed by atoms with E-state index < -0.39 is 24.3 Å². The van der Waals surface area contributed by atoms with Crippen molar-refractivity contribution in [1.82, 2.24) is 0 Å². The van der Waals surface area contributed by atoms with Crippen LogP contribution in [0, 0.1) is 0 Å². The summed E-state index contributed by atoms with van der Waals surface area (Å²) in [6, 6.07) is 0. The summed E-state index contributed by atoms with van der Waals surface area (Å²) in [5.74, 6) is -2.28. The van der Waals surface area contributed by atoms with Crippen molar-refractivity contribution < 1.29 is 42.9 Å². The number of carboxylic acids is 1. The van der Waals surface area contributed by atoms with E-state index in [-0.39, 0.29) is 32.2 Å². The van der Waals surface area contributed by atoms with Gasteiger partial charge in [-0.1, -0.05) is 243 Å². The monoisotopic (exact) mass is 974 g/mol. The average Bonchev–Trinajstić information content (AvgIpc) is 3.31. The van der Waals surface area contributed by atoms with Crippen molar-refractivity contribution in [2.24, 2.45) is 0 Å². The van der Waals surface area contributed by atoms with Gasteiger partial charge >= 0.3 is 11.9 Å². The van der Waals surface area contributed by atoms with Gasteiger partial charge in [0, 0.05) is 12.8 Å². The van der Waals surface area contributed by atoms with Gasteiger partial charge in [-0.15, -0.1) is 0 Å². The molecule has 0 heterocycles. The molecule has 0 radical (unpaired) electrons. The summed E-state index contributed by atoms with van der Waals surface area (Å²) in [6.45, 7) is 4.76. The topological polar surface area (TPSA) is 111 Å². The zero-order valence-corrected chi connectivity index (χ0v) is 45.9. The van der Waals surface area contributed by atoms with Crippen molar-refractivity contribution in [3.8, 4) is 0 Å². The van der Waals surface area contributed by atoms with E-state index in [2.05, 4.69) is 50.3 Å². The van der Waals surface area contributed by atoms with Gasteiger partial charge in [-0.25, -0.2) is 0 Å². The number of rotatable bonds is 54. The van der Waals surface area contributed by atoms with Gasteiger partial charge in [-0.05, 0) is 51.4 Å². The highest BCUT2D eigenvalue weighted by Gasteiger charge is 2.22. The maximum Gasteiger partial charge on any atom is 0.306 e. The molecule has 0 fully saturated rings. The standard InChI is InChI=1S/C60H111NO8/c1-6-8-10-12-14-16-18-20-22-24-26-28-29-31-32-34-36-38-40-42-44-46-48-50-57(62)67-54-56(55-68-60(59(64)65)66-53-52-61(3,4)5)69-58(63)51-49-47-45-43-41-39-37-35-33-30-27-25-23-21-19-17-15-13-11-9-7-2/h19,21,25,27,33,35,56,60H,6-18,20,22-24,26,28-32,34,36-55H2,1-5H3/b21-19-,27-25-,35-33-. The summed E-state index contributed by atoms with van der Waals surface area (Å²) in [4.78, 5) is 37.3. The molecule has 0 amide bonds. The Kier molecular flexibility index (Phi) is 50.0. The lowest BCUT2D eigenvalue weighted by Crippen LogP contribution is -2.44. The van der Waals surface area contributed by atoms with Crippen LogP contribution in [0.25, 0.3) is 0 Å². The first kappa shape index (κ1) is 66.5. The fourth-order valence-electron chi connectivity index (χ4n) is 8.37. The van der Waals surface area contributed by atoms with Crippen LogP contribution in [0.3, 0.4) is 0 Å². The number of allylic oxidation sites excluding steroid dienone is 6. The quantitative estimate of drug-likeness (QED) is 0.0195. The number of nitrogens with zero attached hydrogens (tertiary/aromatic N) is 1. The molecule has 2 unspecified atom stereocenters. The Bertz CT molecular complexity index is 1230. The number of ether oxygens (including phenoxy) is 4. The normalized spacial score (nSPS) is 13.0. The lowest BCUT2D eigenvalue weighted by Gasteiger charge is -2.26. The molecule has 0 spiro atoms. The van der Waals surface area contributed by atoms with E-state index in [1.807, 2.05) is 21.1 Å². The van der Waals surface area contributed by atoms with Crippen LogP contribution in [0.5, 0.6) is 0 Å². The van der Waals surface area contributed by atoms with E-state index >= 15 is 0 Å². The second kappa shape index (κ2) is 51.9. The van der Waals surface area contributed by atoms with E-state index in [1.54, 1.807) is 0 Å². The Morgan fingerprint density at radius 3 is 1.16 bits per heavy atom. The molecule has 9 heteroatoms. The van der Waals surface area contributed by atoms with Crippen molar-refractivity contribution in [2.45, 2.75) is 283 Å². The second-order valence-corrected chi connectivity index (χ2v) is 20.9. The van der Waals surface area contributed by atoms with Gasteiger partial charge in [-0.2, -0.15) is 0 Å². The molecule has 0 aromatic heterocycles. The summed E-state index contributed by atoms with van der Waals surface area (Å²) >= 11 is 0. The highest BCUT2D eigenvalue weighted by atomic mass is 16.7. The number of carboxylic acid groups (broad SMARTS) is 1. The molecule has 404 valence electrons. The highest BCUT2D eigenvalue weighted by Crippen LogP contribution is 2.17.